The van der Waals surface area contributed by atoms with Crippen molar-refractivity contribution in [2.45, 2.75) is 46.0 Å². The molecule has 13 heavy (non-hydrogen) atoms. The molecule has 82 valence electrons. The third kappa shape index (κ3) is 6.24. The van der Waals surface area contributed by atoms with Crippen LogP contribution in [0.15, 0.2) is 0 Å². The van der Waals surface area contributed by atoms with Gasteiger partial charge in [0, 0.05) is 0 Å². The van der Waals surface area contributed by atoms with Crippen molar-refractivity contribution in [1.82, 2.24) is 4.90 Å². The SMILES string of the molecule is COCN(C[SiH-](C)(C)C)C(C)(C)C. The summed E-state index contributed by atoms with van der Waals surface area (Å²) >= 11 is 0. The fourth-order valence-electron chi connectivity index (χ4n) is 1.34. The van der Waals surface area contributed by atoms with Crippen molar-refractivity contribution >= 4 is 8.07 Å². The normalized spacial score (nSPS) is 15.1. The van der Waals surface area contributed by atoms with Crippen LogP contribution >= 0.6 is 0 Å². The molecular weight excluding hydrogens is 178 g/mol. The molecule has 0 saturated heterocycles. The van der Waals surface area contributed by atoms with Crippen LogP contribution in [0.3, 0.4) is 0 Å². The van der Waals surface area contributed by atoms with Crippen LogP contribution < -0.4 is 0 Å². The summed E-state index contributed by atoms with van der Waals surface area (Å²) in [4.78, 5) is 2.43. The number of methoxy groups -OCH3 is 1. The molecule has 0 aliphatic rings. The van der Waals surface area contributed by atoms with Crippen molar-refractivity contribution in [3.63, 3.8) is 0 Å². The topological polar surface area (TPSA) is 12.5 Å². The first-order valence-corrected chi connectivity index (χ1v) is 9.47. The van der Waals surface area contributed by atoms with E-state index in [4.69, 9.17) is 4.74 Å². The summed E-state index contributed by atoms with van der Waals surface area (Å²) in [5.41, 5.74) is 0.225. The average molecular weight is 204 g/mol. The third-order valence-corrected chi connectivity index (χ3v) is 3.54. The molecule has 0 spiro atoms. The molecule has 3 heteroatoms. The van der Waals surface area contributed by atoms with E-state index >= 15 is 0 Å². The second-order valence-corrected chi connectivity index (χ2v) is 12.5. The summed E-state index contributed by atoms with van der Waals surface area (Å²) in [5.74, 6) is 0. The molecule has 0 amide bonds. The summed E-state index contributed by atoms with van der Waals surface area (Å²) in [6.45, 7) is 14.7. The monoisotopic (exact) mass is 204 g/mol. The molecule has 0 aromatic heterocycles. The maximum atomic E-state index is 5.23. The minimum absolute atomic E-state index is 0.225. The summed E-state index contributed by atoms with van der Waals surface area (Å²) in [5, 5.41) is 0. The number of rotatable bonds is 4. The van der Waals surface area contributed by atoms with Gasteiger partial charge < -0.3 is 0 Å². The van der Waals surface area contributed by atoms with E-state index in [0.717, 1.165) is 6.73 Å². The van der Waals surface area contributed by atoms with E-state index in [1.54, 1.807) is 7.11 Å². The van der Waals surface area contributed by atoms with Crippen molar-refractivity contribution in [2.75, 3.05) is 20.0 Å². The number of ether oxygens (including phenoxy) is 1. The zero-order valence-electron chi connectivity index (χ0n) is 10.3. The molecular formula is C10H26NOSi-. The summed E-state index contributed by atoms with van der Waals surface area (Å²) in [6, 6.07) is 0. The Labute approximate surface area is 84.3 Å². The standard InChI is InChI=1S/C10H26NOSi/c1-10(2,3)11(8-12-4)9-13(5,6)7/h13H,8-9H2,1-7H3/q-1. The Kier molecular flexibility index (Phi) is 4.62. The molecule has 0 atom stereocenters. The molecule has 2 nitrogen and oxygen atoms in total. The van der Waals surface area contributed by atoms with E-state index in [1.807, 2.05) is 0 Å². The van der Waals surface area contributed by atoms with E-state index in [-0.39, 0.29) is 5.54 Å². The van der Waals surface area contributed by atoms with Gasteiger partial charge in [-0.2, -0.15) is 0 Å². The van der Waals surface area contributed by atoms with E-state index < -0.39 is 8.07 Å². The first-order chi connectivity index (χ1) is 5.67. The molecule has 0 bridgehead atoms. The quantitative estimate of drug-likeness (QED) is 0.515. The second kappa shape index (κ2) is 4.58. The van der Waals surface area contributed by atoms with Crippen molar-refractivity contribution in [1.29, 1.82) is 0 Å². The first-order valence-electron chi connectivity index (χ1n) is 5.19. The fraction of sp³-hybridized carbons (Fsp3) is 1.00. The van der Waals surface area contributed by atoms with Crippen LogP contribution in [-0.2, 0) is 4.74 Å². The molecule has 0 fully saturated rings. The molecule has 0 heterocycles. The Morgan fingerprint density at radius 2 is 1.62 bits per heavy atom. The zero-order valence-corrected chi connectivity index (χ0v) is 11.5. The predicted octanol–water partition coefficient (Wildman–Crippen LogP) is 2.30. The van der Waals surface area contributed by atoms with Gasteiger partial charge in [0.15, 0.2) is 0 Å². The molecule has 0 aromatic rings. The van der Waals surface area contributed by atoms with Gasteiger partial charge in [0.2, 0.25) is 0 Å². The van der Waals surface area contributed by atoms with Gasteiger partial charge in [-0.1, -0.05) is 0 Å². The molecule has 0 rings (SSSR count). The Balaban J connectivity index is 4.27. The number of hydrogen-bond donors (Lipinski definition) is 0. The third-order valence-electron chi connectivity index (χ3n) is 2.00. The number of nitrogens with zero attached hydrogens (tertiary/aromatic N) is 1. The first kappa shape index (κ1) is 13.1. The van der Waals surface area contributed by atoms with Gasteiger partial charge in [-0.25, -0.2) is 0 Å². The molecule has 0 unspecified atom stereocenters. The van der Waals surface area contributed by atoms with Crippen LogP contribution in [0.5, 0.6) is 0 Å². The zero-order chi connectivity index (χ0) is 10.7. The van der Waals surface area contributed by atoms with Gasteiger partial charge >= 0.3 is 83.7 Å². The molecule has 0 aliphatic carbocycles. The Morgan fingerprint density at radius 3 is 1.85 bits per heavy atom. The van der Waals surface area contributed by atoms with E-state index in [0.29, 0.717) is 0 Å². The van der Waals surface area contributed by atoms with Crippen LogP contribution in [-0.4, -0.2) is 38.5 Å². The van der Waals surface area contributed by atoms with Gasteiger partial charge in [-0.3, -0.25) is 0 Å². The summed E-state index contributed by atoms with van der Waals surface area (Å²) in [7, 11) is 0.479. The van der Waals surface area contributed by atoms with Crippen LogP contribution in [0.2, 0.25) is 19.6 Å². The Hall–Kier alpha value is 0.137. The Morgan fingerprint density at radius 1 is 1.15 bits per heavy atom. The second-order valence-electron chi connectivity index (χ2n) is 6.27. The molecule has 0 aromatic carbocycles. The van der Waals surface area contributed by atoms with Crippen LogP contribution in [0.4, 0.5) is 0 Å². The summed E-state index contributed by atoms with van der Waals surface area (Å²) in [6.07, 6.45) is 1.23. The van der Waals surface area contributed by atoms with Crippen LogP contribution in [0.25, 0.3) is 0 Å². The van der Waals surface area contributed by atoms with Gasteiger partial charge in [0.05, 0.1) is 0 Å². The molecule has 0 N–H and O–H groups in total. The average Bonchev–Trinajstić information content (AvgIpc) is 1.81. The van der Waals surface area contributed by atoms with Crippen molar-refractivity contribution in [3.8, 4) is 0 Å². The van der Waals surface area contributed by atoms with E-state index in [2.05, 4.69) is 45.3 Å². The maximum absolute atomic E-state index is 5.23. The molecule has 0 aliphatic heterocycles. The number of hydrogen-bond acceptors (Lipinski definition) is 2. The van der Waals surface area contributed by atoms with Crippen molar-refractivity contribution < 1.29 is 4.74 Å². The van der Waals surface area contributed by atoms with Gasteiger partial charge in [0.1, 0.15) is 0 Å². The van der Waals surface area contributed by atoms with E-state index in [1.165, 1.54) is 6.17 Å². The van der Waals surface area contributed by atoms with Crippen molar-refractivity contribution in [3.05, 3.63) is 0 Å². The predicted molar refractivity (Wildman–Crippen MR) is 63.1 cm³/mol. The van der Waals surface area contributed by atoms with Gasteiger partial charge in [0.25, 0.3) is 0 Å². The van der Waals surface area contributed by atoms with Crippen molar-refractivity contribution in [2.24, 2.45) is 0 Å². The van der Waals surface area contributed by atoms with E-state index in [9.17, 15) is 0 Å². The van der Waals surface area contributed by atoms with Crippen LogP contribution in [0.1, 0.15) is 20.8 Å². The van der Waals surface area contributed by atoms with Gasteiger partial charge in [-0.05, 0) is 0 Å². The minimum atomic E-state index is -1.29. The summed E-state index contributed by atoms with van der Waals surface area (Å²) < 4.78 is 5.23. The molecule has 0 saturated carbocycles. The van der Waals surface area contributed by atoms with Gasteiger partial charge in [-0.15, -0.1) is 0 Å². The molecule has 0 radical (unpaired) electrons. The Bertz CT molecular complexity index is 146. The fourth-order valence-corrected chi connectivity index (χ4v) is 3.31. The van der Waals surface area contributed by atoms with Crippen LogP contribution in [0, 0.1) is 0 Å².